The van der Waals surface area contributed by atoms with E-state index in [2.05, 4.69) is 31.5 Å². The summed E-state index contributed by atoms with van der Waals surface area (Å²) in [6, 6.07) is 0. The van der Waals surface area contributed by atoms with E-state index in [0.29, 0.717) is 12.2 Å². The van der Waals surface area contributed by atoms with Crippen LogP contribution in [0.15, 0.2) is 0 Å². The second kappa shape index (κ2) is 14.9. The summed E-state index contributed by atoms with van der Waals surface area (Å²) in [6.45, 7) is 11.3. The third kappa shape index (κ3) is 17.6. The van der Waals surface area contributed by atoms with Crippen molar-refractivity contribution in [3.05, 3.63) is 0 Å². The predicted octanol–water partition coefficient (Wildman–Crippen LogP) is 1.45. The first-order valence-corrected chi connectivity index (χ1v) is 7.81. The van der Waals surface area contributed by atoms with Gasteiger partial charge in [0.25, 0.3) is 0 Å². The highest BCUT2D eigenvalue weighted by molar-refractivity contribution is 6.18. The SMILES string of the molecule is CCC(C)[O][AlH][O]C(C)CC.CC[O][AlH2]. The van der Waals surface area contributed by atoms with Gasteiger partial charge in [0.2, 0.25) is 0 Å². The van der Waals surface area contributed by atoms with Gasteiger partial charge in [-0.25, -0.2) is 0 Å². The molecule has 0 amide bonds. The van der Waals surface area contributed by atoms with Crippen molar-refractivity contribution in [1.29, 1.82) is 0 Å². The van der Waals surface area contributed by atoms with Crippen molar-refractivity contribution >= 4 is 32.5 Å². The van der Waals surface area contributed by atoms with Crippen LogP contribution in [0.25, 0.3) is 0 Å². The molecule has 0 N–H and O–H groups in total. The lowest BCUT2D eigenvalue weighted by atomic mass is 10.3. The fourth-order valence-electron chi connectivity index (χ4n) is 0.507. The minimum Gasteiger partial charge on any atom is -0.506 e. The predicted molar refractivity (Wildman–Crippen MR) is 69.0 cm³/mol. The van der Waals surface area contributed by atoms with Gasteiger partial charge in [-0.1, -0.05) is 13.8 Å². The molecule has 0 aliphatic rings. The third-order valence-corrected chi connectivity index (χ3v) is 4.13. The molecule has 15 heavy (non-hydrogen) atoms. The van der Waals surface area contributed by atoms with Gasteiger partial charge < -0.3 is 11.4 Å². The van der Waals surface area contributed by atoms with E-state index in [0.717, 1.165) is 36.1 Å². The zero-order chi connectivity index (χ0) is 12.1. The standard InChI is InChI=1S/2C4H9O.C2H5O.2Al.3H/c2*1-3-4(2)5;1-2-3;;;;;/h2*4H,3H2,1-2H3;2H2,1H3;;;;;/q3*-1;+1;+2;;;. The van der Waals surface area contributed by atoms with E-state index in [1.165, 1.54) is 0 Å². The second-order valence-electron chi connectivity index (χ2n) is 3.47. The van der Waals surface area contributed by atoms with Gasteiger partial charge in [0.15, 0.2) is 0 Å². The zero-order valence-electron chi connectivity index (χ0n) is 11.2. The molecule has 90 valence electrons. The van der Waals surface area contributed by atoms with Gasteiger partial charge in [-0.15, -0.1) is 0 Å². The molecule has 5 heteroatoms. The summed E-state index contributed by atoms with van der Waals surface area (Å²) in [6.07, 6.45) is 2.92. The maximum Gasteiger partial charge on any atom is 0.650 e. The van der Waals surface area contributed by atoms with Crippen molar-refractivity contribution in [3.63, 3.8) is 0 Å². The molecule has 0 spiro atoms. The van der Waals surface area contributed by atoms with Gasteiger partial charge in [0.1, 0.15) is 0 Å². The average Bonchev–Trinajstić information content (AvgIpc) is 2.28. The van der Waals surface area contributed by atoms with Gasteiger partial charge >= 0.3 is 32.5 Å². The fraction of sp³-hybridized carbons (Fsp3) is 1.00. The van der Waals surface area contributed by atoms with Crippen LogP contribution in [-0.4, -0.2) is 51.3 Å². The molecule has 2 unspecified atom stereocenters. The molecule has 0 aromatic rings. The Morgan fingerprint density at radius 3 is 1.53 bits per heavy atom. The largest absolute Gasteiger partial charge is 0.650 e. The molecule has 0 radical (unpaired) electrons. The summed E-state index contributed by atoms with van der Waals surface area (Å²) >= 11 is 0.184. The first-order valence-electron chi connectivity index (χ1n) is 5.84. The Hall–Kier alpha value is 0.945. The minimum absolute atomic E-state index is 0.380. The molecule has 0 aliphatic carbocycles. The Labute approximate surface area is 110 Å². The van der Waals surface area contributed by atoms with Gasteiger partial charge in [0.05, 0.1) is 0 Å². The van der Waals surface area contributed by atoms with E-state index in [9.17, 15) is 0 Å². The smallest absolute Gasteiger partial charge is 0.506 e. The van der Waals surface area contributed by atoms with Crippen LogP contribution < -0.4 is 0 Å². The average molecular weight is 248 g/mol. The Bertz CT molecular complexity index is 103. The number of hydrogen-bond donors (Lipinski definition) is 0. The van der Waals surface area contributed by atoms with E-state index in [4.69, 9.17) is 7.58 Å². The first kappa shape index (κ1) is 18.3. The summed E-state index contributed by atoms with van der Waals surface area (Å²) in [5.74, 6) is 0. The first-order chi connectivity index (χ1) is 7.12. The molecule has 0 fully saturated rings. The molecule has 0 aliphatic heterocycles. The van der Waals surface area contributed by atoms with Crippen LogP contribution in [0.1, 0.15) is 47.5 Å². The highest BCUT2D eigenvalue weighted by Gasteiger charge is 2.05. The lowest BCUT2D eigenvalue weighted by molar-refractivity contribution is 0.131. The maximum atomic E-state index is 5.48. The molecule has 0 heterocycles. The van der Waals surface area contributed by atoms with Crippen LogP contribution in [0.5, 0.6) is 0 Å². The van der Waals surface area contributed by atoms with Crippen LogP contribution in [0, 0.1) is 0 Å². The van der Waals surface area contributed by atoms with Crippen molar-refractivity contribution in [2.45, 2.75) is 59.7 Å². The van der Waals surface area contributed by atoms with E-state index in [-0.39, 0.29) is 0 Å². The van der Waals surface area contributed by atoms with Crippen molar-refractivity contribution in [2.75, 3.05) is 6.61 Å². The van der Waals surface area contributed by atoms with Crippen molar-refractivity contribution < 1.29 is 11.4 Å². The van der Waals surface area contributed by atoms with Gasteiger partial charge in [-0.3, -0.25) is 0 Å². The topological polar surface area (TPSA) is 27.7 Å². The molecule has 0 saturated heterocycles. The molecule has 2 atom stereocenters. The van der Waals surface area contributed by atoms with Crippen LogP contribution in [0.3, 0.4) is 0 Å². The number of hydrogen-bond acceptors (Lipinski definition) is 3. The molecule has 0 aromatic heterocycles. The molecule has 0 saturated carbocycles. The van der Waals surface area contributed by atoms with Gasteiger partial charge in [-0.05, 0) is 33.6 Å². The molecular formula is C10H26Al2O3. The summed E-state index contributed by atoms with van der Waals surface area (Å²) in [7, 11) is 0. The Morgan fingerprint density at radius 2 is 1.33 bits per heavy atom. The van der Waals surface area contributed by atoms with Crippen LogP contribution >= 0.6 is 0 Å². The summed E-state index contributed by atoms with van der Waals surface area (Å²) in [5.41, 5.74) is 0. The van der Waals surface area contributed by atoms with Crippen LogP contribution in [0.4, 0.5) is 0 Å². The summed E-state index contributed by atoms with van der Waals surface area (Å²) < 4.78 is 15.6. The fourth-order valence-corrected chi connectivity index (χ4v) is 1.52. The molecular weight excluding hydrogens is 222 g/mol. The zero-order valence-corrected chi connectivity index (χ0v) is 14.6. The summed E-state index contributed by atoms with van der Waals surface area (Å²) in [4.78, 5) is 0. The highest BCUT2D eigenvalue weighted by Crippen LogP contribution is 1.98. The Morgan fingerprint density at radius 1 is 1.00 bits per heavy atom. The molecule has 0 rings (SSSR count). The summed E-state index contributed by atoms with van der Waals surface area (Å²) in [5, 5.41) is 0. The van der Waals surface area contributed by atoms with E-state index < -0.39 is 15.9 Å². The quantitative estimate of drug-likeness (QED) is 0.638. The van der Waals surface area contributed by atoms with E-state index in [1.807, 2.05) is 6.92 Å². The Kier molecular flexibility index (Phi) is 18.2. The minimum atomic E-state index is -0.706. The highest BCUT2D eigenvalue weighted by atomic mass is 27.2. The van der Waals surface area contributed by atoms with Crippen LogP contribution in [-0.2, 0) is 11.4 Å². The van der Waals surface area contributed by atoms with Crippen molar-refractivity contribution in [1.82, 2.24) is 0 Å². The van der Waals surface area contributed by atoms with E-state index in [1.54, 1.807) is 0 Å². The lowest BCUT2D eigenvalue weighted by Gasteiger charge is -2.13. The second-order valence-corrected chi connectivity index (χ2v) is 4.95. The van der Waals surface area contributed by atoms with Crippen LogP contribution in [0.2, 0.25) is 0 Å². The van der Waals surface area contributed by atoms with Gasteiger partial charge in [0, 0.05) is 18.8 Å². The third-order valence-electron chi connectivity index (χ3n) is 2.14. The van der Waals surface area contributed by atoms with Crippen molar-refractivity contribution in [3.8, 4) is 0 Å². The van der Waals surface area contributed by atoms with E-state index >= 15 is 0 Å². The number of rotatable bonds is 7. The monoisotopic (exact) mass is 248 g/mol. The van der Waals surface area contributed by atoms with Crippen molar-refractivity contribution in [2.24, 2.45) is 0 Å². The normalized spacial score (nSPS) is 13.7. The molecule has 0 aromatic carbocycles. The molecule has 3 nitrogen and oxygen atoms in total. The van der Waals surface area contributed by atoms with Gasteiger partial charge in [-0.2, -0.15) is 0 Å². The Balaban J connectivity index is 0. The maximum absolute atomic E-state index is 5.48. The lowest BCUT2D eigenvalue weighted by Crippen LogP contribution is -2.17. The molecule has 0 bridgehead atoms.